The van der Waals surface area contributed by atoms with Gasteiger partial charge in [0.1, 0.15) is 0 Å². The van der Waals surface area contributed by atoms with E-state index < -0.39 is 0 Å². The fraction of sp³-hybridized carbons (Fsp3) is 1.00. The van der Waals surface area contributed by atoms with Gasteiger partial charge >= 0.3 is 51.4 Å². The average molecular weight is 187 g/mol. The third-order valence-electron chi connectivity index (χ3n) is 1.09. The SMILES string of the molecule is C[N-]CCCOCCCF.[K+]. The summed E-state index contributed by atoms with van der Waals surface area (Å²) in [6.07, 6.45) is 1.46. The van der Waals surface area contributed by atoms with Crippen LogP contribution in [-0.2, 0) is 4.74 Å². The van der Waals surface area contributed by atoms with E-state index in [1.165, 1.54) is 0 Å². The zero-order chi connectivity index (χ0) is 7.66. The Balaban J connectivity index is 0. The van der Waals surface area contributed by atoms with Crippen molar-refractivity contribution >= 4 is 0 Å². The molecule has 0 saturated carbocycles. The van der Waals surface area contributed by atoms with E-state index in [0.29, 0.717) is 19.6 Å². The van der Waals surface area contributed by atoms with Gasteiger partial charge in [-0.3, -0.25) is 4.39 Å². The third kappa shape index (κ3) is 14.4. The average Bonchev–Trinajstić information content (AvgIpc) is 1.97. The van der Waals surface area contributed by atoms with Crippen LogP contribution >= 0.6 is 0 Å². The zero-order valence-electron chi connectivity index (χ0n) is 7.48. The topological polar surface area (TPSA) is 23.3 Å². The van der Waals surface area contributed by atoms with Crippen LogP contribution in [0.1, 0.15) is 12.8 Å². The van der Waals surface area contributed by atoms with Crippen molar-refractivity contribution in [1.29, 1.82) is 0 Å². The molecule has 0 rings (SSSR count). The number of hydrogen-bond donors (Lipinski definition) is 0. The molecule has 0 aliphatic rings. The van der Waals surface area contributed by atoms with E-state index in [-0.39, 0.29) is 58.1 Å². The van der Waals surface area contributed by atoms with Gasteiger partial charge in [0, 0.05) is 13.2 Å². The summed E-state index contributed by atoms with van der Waals surface area (Å²) in [4.78, 5) is 0. The summed E-state index contributed by atoms with van der Waals surface area (Å²) < 4.78 is 16.5. The Kier molecular flexibility index (Phi) is 19.1. The smallest absolute Gasteiger partial charge is 0.665 e. The van der Waals surface area contributed by atoms with Gasteiger partial charge in [-0.25, -0.2) is 0 Å². The molecule has 0 saturated heterocycles. The van der Waals surface area contributed by atoms with Crippen LogP contribution in [0.25, 0.3) is 5.32 Å². The van der Waals surface area contributed by atoms with Crippen molar-refractivity contribution in [2.75, 3.05) is 33.5 Å². The van der Waals surface area contributed by atoms with Gasteiger partial charge < -0.3 is 10.1 Å². The Labute approximate surface area is 111 Å². The van der Waals surface area contributed by atoms with Crippen LogP contribution in [0, 0.1) is 0 Å². The van der Waals surface area contributed by atoms with Gasteiger partial charge in [-0.2, -0.15) is 7.05 Å². The number of rotatable bonds is 7. The molecule has 4 heteroatoms. The molecule has 0 aromatic rings. The van der Waals surface area contributed by atoms with Gasteiger partial charge in [-0.05, 0) is 12.8 Å². The van der Waals surface area contributed by atoms with E-state index in [2.05, 4.69) is 5.32 Å². The molecule has 0 radical (unpaired) electrons. The normalized spacial score (nSPS) is 9.27. The molecule has 0 aliphatic carbocycles. The van der Waals surface area contributed by atoms with E-state index in [1.807, 2.05) is 0 Å². The fourth-order valence-corrected chi connectivity index (χ4v) is 0.583. The minimum absolute atomic E-state index is 0. The van der Waals surface area contributed by atoms with Crippen molar-refractivity contribution in [2.24, 2.45) is 0 Å². The minimum atomic E-state index is -0.280. The number of halogens is 1. The van der Waals surface area contributed by atoms with E-state index >= 15 is 0 Å². The molecule has 11 heavy (non-hydrogen) atoms. The predicted molar refractivity (Wildman–Crippen MR) is 40.2 cm³/mol. The summed E-state index contributed by atoms with van der Waals surface area (Å²) in [6, 6.07) is 0. The number of alkyl halides is 1. The molecule has 0 amide bonds. The van der Waals surface area contributed by atoms with Gasteiger partial charge in [-0.1, -0.05) is 0 Å². The van der Waals surface area contributed by atoms with Crippen molar-refractivity contribution in [3.63, 3.8) is 0 Å². The predicted octanol–water partition coefficient (Wildman–Crippen LogP) is -1.24. The van der Waals surface area contributed by atoms with Gasteiger partial charge in [0.15, 0.2) is 0 Å². The summed E-state index contributed by atoms with van der Waals surface area (Å²) in [5, 5.41) is 3.90. The molecule has 62 valence electrons. The maximum atomic E-state index is 11.5. The molecule has 0 unspecified atom stereocenters. The monoisotopic (exact) mass is 187 g/mol. The van der Waals surface area contributed by atoms with Gasteiger partial charge in [0.2, 0.25) is 0 Å². The van der Waals surface area contributed by atoms with Gasteiger partial charge in [0.05, 0.1) is 6.67 Å². The first-order chi connectivity index (χ1) is 4.91. The largest absolute Gasteiger partial charge is 1.00 e. The van der Waals surface area contributed by atoms with Crippen molar-refractivity contribution in [2.45, 2.75) is 12.8 Å². The molecular formula is C7H15FKNO. The summed E-state index contributed by atoms with van der Waals surface area (Å²) in [5.74, 6) is 0. The van der Waals surface area contributed by atoms with E-state index in [9.17, 15) is 4.39 Å². The molecule has 0 spiro atoms. The molecule has 2 nitrogen and oxygen atoms in total. The second-order valence-corrected chi connectivity index (χ2v) is 2.05. The summed E-state index contributed by atoms with van der Waals surface area (Å²) in [7, 11) is 1.78. The van der Waals surface area contributed by atoms with Crippen molar-refractivity contribution in [3.05, 3.63) is 5.32 Å². The first-order valence-electron chi connectivity index (χ1n) is 3.61. The standard InChI is InChI=1S/C7H15FNO.K/c1-9-5-3-7-10-6-2-4-8;/h2-7H2,1H3;/q-1;+1. The van der Waals surface area contributed by atoms with Crippen molar-refractivity contribution < 1.29 is 60.5 Å². The van der Waals surface area contributed by atoms with Crippen LogP contribution in [0.3, 0.4) is 0 Å². The Morgan fingerprint density at radius 2 is 1.91 bits per heavy atom. The minimum Gasteiger partial charge on any atom is -0.665 e. The number of hydrogen-bond acceptors (Lipinski definition) is 1. The second-order valence-electron chi connectivity index (χ2n) is 2.05. The number of nitrogens with zero attached hydrogens (tertiary/aromatic N) is 1. The quantitative estimate of drug-likeness (QED) is 0.361. The summed E-state index contributed by atoms with van der Waals surface area (Å²) >= 11 is 0. The summed E-state index contributed by atoms with van der Waals surface area (Å²) in [6.45, 7) is 1.81. The van der Waals surface area contributed by atoms with Gasteiger partial charge in [-0.15, -0.1) is 6.54 Å². The first-order valence-corrected chi connectivity index (χ1v) is 3.61. The Bertz CT molecular complexity index is 58.4. The fourth-order valence-electron chi connectivity index (χ4n) is 0.583. The third-order valence-corrected chi connectivity index (χ3v) is 1.09. The molecule has 0 fully saturated rings. The van der Waals surface area contributed by atoms with Crippen LogP contribution < -0.4 is 51.4 Å². The maximum Gasteiger partial charge on any atom is 1.00 e. The molecular weight excluding hydrogens is 172 g/mol. The molecule has 0 aromatic heterocycles. The van der Waals surface area contributed by atoms with Crippen LogP contribution in [0.4, 0.5) is 4.39 Å². The molecule has 0 aromatic carbocycles. The van der Waals surface area contributed by atoms with Crippen LogP contribution in [0.2, 0.25) is 0 Å². The Hall–Kier alpha value is 1.49. The van der Waals surface area contributed by atoms with E-state index in [1.54, 1.807) is 7.05 Å². The van der Waals surface area contributed by atoms with E-state index in [4.69, 9.17) is 4.74 Å². The molecule has 0 N–H and O–H groups in total. The Morgan fingerprint density at radius 1 is 1.27 bits per heavy atom. The van der Waals surface area contributed by atoms with E-state index in [0.717, 1.165) is 13.0 Å². The van der Waals surface area contributed by atoms with Crippen molar-refractivity contribution in [3.8, 4) is 0 Å². The van der Waals surface area contributed by atoms with Crippen LogP contribution in [0.15, 0.2) is 0 Å². The van der Waals surface area contributed by atoms with Crippen molar-refractivity contribution in [1.82, 2.24) is 0 Å². The zero-order valence-corrected chi connectivity index (χ0v) is 10.6. The van der Waals surface area contributed by atoms with Crippen LogP contribution in [0.5, 0.6) is 0 Å². The summed E-state index contributed by atoms with van der Waals surface area (Å²) in [5.41, 5.74) is 0. The first kappa shape index (κ1) is 15.0. The molecule has 0 aliphatic heterocycles. The Morgan fingerprint density at radius 3 is 2.45 bits per heavy atom. The maximum absolute atomic E-state index is 11.5. The van der Waals surface area contributed by atoms with Gasteiger partial charge in [0.25, 0.3) is 0 Å². The number of ether oxygens (including phenoxy) is 1. The second kappa shape index (κ2) is 14.0. The molecule has 0 heterocycles. The van der Waals surface area contributed by atoms with Crippen LogP contribution in [-0.4, -0.2) is 33.5 Å². The molecule has 0 atom stereocenters. The molecule has 0 bridgehead atoms.